The Hall–Kier alpha value is -1.58. The Morgan fingerprint density at radius 3 is 3.00 bits per heavy atom. The summed E-state index contributed by atoms with van der Waals surface area (Å²) in [4.78, 5) is 16.0. The first kappa shape index (κ1) is 18.8. The lowest BCUT2D eigenvalue weighted by atomic mass is 9.79. The molecular formula is C18H23F2N3O3S. The van der Waals surface area contributed by atoms with E-state index in [9.17, 15) is 18.7 Å². The van der Waals surface area contributed by atoms with Crippen molar-refractivity contribution in [2.45, 2.75) is 44.3 Å². The first-order chi connectivity index (χ1) is 12.8. The molecule has 0 radical (unpaired) electrons. The summed E-state index contributed by atoms with van der Waals surface area (Å²) in [5, 5.41) is 15.0. The standard InChI is InChI=1S/C18H23F2N3O3S/c1-18(25)5-7-26-9-11(18)12-4-3-6-23(12)16(24)13-8-10-14(15(19)20)21-22(2)17(10)27-13/h8,11-12,15,25H,3-7,9H2,1-2H3. The normalized spacial score (nSPS) is 29.2. The van der Waals surface area contributed by atoms with Gasteiger partial charge in [-0.1, -0.05) is 0 Å². The van der Waals surface area contributed by atoms with E-state index >= 15 is 0 Å². The summed E-state index contributed by atoms with van der Waals surface area (Å²) in [6.45, 7) is 3.35. The van der Waals surface area contributed by atoms with E-state index in [1.165, 1.54) is 22.1 Å². The second kappa shape index (κ2) is 6.79. The first-order valence-electron chi connectivity index (χ1n) is 9.15. The molecule has 27 heavy (non-hydrogen) atoms. The number of nitrogens with zero attached hydrogens (tertiary/aromatic N) is 3. The lowest BCUT2D eigenvalue weighted by molar-refractivity contribution is -0.119. The van der Waals surface area contributed by atoms with Gasteiger partial charge in [-0.3, -0.25) is 9.48 Å². The molecule has 1 amide bonds. The van der Waals surface area contributed by atoms with Crippen molar-refractivity contribution in [1.82, 2.24) is 14.7 Å². The maximum absolute atomic E-state index is 13.2. The van der Waals surface area contributed by atoms with Crippen molar-refractivity contribution in [3.05, 3.63) is 16.6 Å². The van der Waals surface area contributed by atoms with Gasteiger partial charge in [0, 0.05) is 37.5 Å². The molecule has 4 heterocycles. The van der Waals surface area contributed by atoms with Crippen molar-refractivity contribution in [2.75, 3.05) is 19.8 Å². The van der Waals surface area contributed by atoms with Crippen LogP contribution < -0.4 is 0 Å². The highest BCUT2D eigenvalue weighted by molar-refractivity contribution is 7.20. The fourth-order valence-corrected chi connectivity index (χ4v) is 5.35. The number of likely N-dealkylation sites (tertiary alicyclic amines) is 1. The highest BCUT2D eigenvalue weighted by Gasteiger charge is 2.45. The smallest absolute Gasteiger partial charge is 0.282 e. The van der Waals surface area contributed by atoms with E-state index < -0.39 is 12.0 Å². The number of thiophene rings is 1. The summed E-state index contributed by atoms with van der Waals surface area (Å²) >= 11 is 1.19. The van der Waals surface area contributed by atoms with Gasteiger partial charge >= 0.3 is 0 Å². The quantitative estimate of drug-likeness (QED) is 0.862. The van der Waals surface area contributed by atoms with E-state index in [1.54, 1.807) is 18.9 Å². The fraction of sp³-hybridized carbons (Fsp3) is 0.667. The van der Waals surface area contributed by atoms with Gasteiger partial charge < -0.3 is 14.7 Å². The van der Waals surface area contributed by atoms with Crippen molar-refractivity contribution in [1.29, 1.82) is 0 Å². The van der Waals surface area contributed by atoms with Gasteiger partial charge in [0.2, 0.25) is 0 Å². The minimum absolute atomic E-state index is 0.106. The molecule has 0 aliphatic carbocycles. The zero-order valence-electron chi connectivity index (χ0n) is 15.3. The molecule has 2 aliphatic heterocycles. The first-order valence-corrected chi connectivity index (χ1v) is 9.97. The van der Waals surface area contributed by atoms with Crippen LogP contribution in [0.2, 0.25) is 0 Å². The summed E-state index contributed by atoms with van der Waals surface area (Å²) in [6, 6.07) is 1.42. The number of amides is 1. The molecule has 3 unspecified atom stereocenters. The number of rotatable bonds is 3. The van der Waals surface area contributed by atoms with Crippen molar-refractivity contribution in [3.63, 3.8) is 0 Å². The average molecular weight is 399 g/mol. The highest BCUT2D eigenvalue weighted by atomic mass is 32.1. The highest BCUT2D eigenvalue weighted by Crippen LogP contribution is 2.38. The Morgan fingerprint density at radius 1 is 1.52 bits per heavy atom. The zero-order valence-corrected chi connectivity index (χ0v) is 16.1. The van der Waals surface area contributed by atoms with E-state index in [1.807, 2.05) is 0 Å². The lowest BCUT2D eigenvalue weighted by Crippen LogP contribution is -2.53. The van der Waals surface area contributed by atoms with Crippen LogP contribution in [-0.2, 0) is 11.8 Å². The molecule has 1 N–H and O–H groups in total. The van der Waals surface area contributed by atoms with Gasteiger partial charge in [-0.25, -0.2) is 8.78 Å². The zero-order chi connectivity index (χ0) is 19.3. The number of hydrogen-bond donors (Lipinski definition) is 1. The van der Waals surface area contributed by atoms with Crippen LogP contribution in [0, 0.1) is 5.92 Å². The van der Waals surface area contributed by atoms with Gasteiger partial charge in [0.05, 0.1) is 17.1 Å². The van der Waals surface area contributed by atoms with Gasteiger partial charge in [-0.05, 0) is 32.3 Å². The number of aryl methyl sites for hydroxylation is 1. The molecular weight excluding hydrogens is 376 g/mol. The fourth-order valence-electron chi connectivity index (χ4n) is 4.32. The molecule has 9 heteroatoms. The van der Waals surface area contributed by atoms with Crippen molar-refractivity contribution >= 4 is 27.5 Å². The van der Waals surface area contributed by atoms with Gasteiger partial charge in [-0.15, -0.1) is 11.3 Å². The van der Waals surface area contributed by atoms with Gasteiger partial charge in [0.25, 0.3) is 12.3 Å². The van der Waals surface area contributed by atoms with Crippen LogP contribution in [0.15, 0.2) is 6.07 Å². The van der Waals surface area contributed by atoms with Gasteiger partial charge in [0.1, 0.15) is 10.5 Å². The Labute approximate surface area is 159 Å². The number of carbonyl (C=O) groups excluding carboxylic acids is 1. The third-order valence-electron chi connectivity index (χ3n) is 5.83. The number of ether oxygens (including phenoxy) is 1. The van der Waals surface area contributed by atoms with E-state index in [2.05, 4.69) is 5.10 Å². The predicted molar refractivity (Wildman–Crippen MR) is 97.2 cm³/mol. The lowest BCUT2D eigenvalue weighted by Gasteiger charge is -2.43. The van der Waals surface area contributed by atoms with Crippen LogP contribution in [0.5, 0.6) is 0 Å². The molecule has 0 aromatic carbocycles. The minimum Gasteiger partial charge on any atom is -0.390 e. The Morgan fingerprint density at radius 2 is 2.30 bits per heavy atom. The second-order valence-electron chi connectivity index (χ2n) is 7.64. The SMILES string of the molecule is Cn1nc(C(F)F)c2cc(C(=O)N3CCCC3C3COCCC3(C)O)sc21. The summed E-state index contributed by atoms with van der Waals surface area (Å²) in [6.07, 6.45) is -0.467. The Kier molecular flexibility index (Phi) is 4.72. The van der Waals surface area contributed by atoms with Crippen LogP contribution in [0.4, 0.5) is 8.78 Å². The number of hydrogen-bond acceptors (Lipinski definition) is 5. The monoisotopic (exact) mass is 399 g/mol. The summed E-state index contributed by atoms with van der Waals surface area (Å²) in [5.41, 5.74) is -1.16. The molecule has 4 rings (SSSR count). The number of carbonyl (C=O) groups is 1. The second-order valence-corrected chi connectivity index (χ2v) is 8.67. The predicted octanol–water partition coefficient (Wildman–Crippen LogP) is 2.96. The molecule has 3 atom stereocenters. The molecule has 2 aromatic heterocycles. The van der Waals surface area contributed by atoms with Crippen LogP contribution in [-0.4, -0.2) is 57.1 Å². The third kappa shape index (κ3) is 3.15. The minimum atomic E-state index is -2.68. The van der Waals surface area contributed by atoms with Gasteiger partial charge in [0.15, 0.2) is 0 Å². The van der Waals surface area contributed by atoms with Crippen LogP contribution >= 0.6 is 11.3 Å². The summed E-state index contributed by atoms with van der Waals surface area (Å²) < 4.78 is 33.4. The van der Waals surface area contributed by atoms with Crippen LogP contribution in [0.25, 0.3) is 10.2 Å². The largest absolute Gasteiger partial charge is 0.390 e. The number of aliphatic hydroxyl groups is 1. The molecule has 0 spiro atoms. The van der Waals surface area contributed by atoms with E-state index in [4.69, 9.17) is 4.74 Å². The van der Waals surface area contributed by atoms with Crippen molar-refractivity contribution in [2.24, 2.45) is 13.0 Å². The molecule has 0 saturated carbocycles. The molecule has 2 aromatic rings. The molecule has 2 fully saturated rings. The Balaban J connectivity index is 1.64. The average Bonchev–Trinajstić information content (AvgIpc) is 3.30. The van der Waals surface area contributed by atoms with Crippen LogP contribution in [0.1, 0.15) is 48.0 Å². The number of aromatic nitrogens is 2. The third-order valence-corrected chi connectivity index (χ3v) is 7.02. The Bertz CT molecular complexity index is 864. The summed E-state index contributed by atoms with van der Waals surface area (Å²) in [5.74, 6) is -0.314. The number of halogens is 2. The topological polar surface area (TPSA) is 67.6 Å². The molecule has 0 bridgehead atoms. The van der Waals surface area contributed by atoms with Crippen LogP contribution in [0.3, 0.4) is 0 Å². The number of alkyl halides is 2. The van der Waals surface area contributed by atoms with Crippen molar-refractivity contribution in [3.8, 4) is 0 Å². The van der Waals surface area contributed by atoms with E-state index in [0.717, 1.165) is 12.8 Å². The summed E-state index contributed by atoms with van der Waals surface area (Å²) in [7, 11) is 1.61. The molecule has 6 nitrogen and oxygen atoms in total. The molecule has 2 aliphatic rings. The van der Waals surface area contributed by atoms with Gasteiger partial charge in [-0.2, -0.15) is 5.10 Å². The maximum Gasteiger partial charge on any atom is 0.282 e. The molecule has 148 valence electrons. The maximum atomic E-state index is 13.2. The van der Waals surface area contributed by atoms with E-state index in [0.29, 0.717) is 41.3 Å². The number of fused-ring (bicyclic) bond motifs is 1. The molecule has 2 saturated heterocycles. The van der Waals surface area contributed by atoms with E-state index in [-0.39, 0.29) is 23.6 Å². The van der Waals surface area contributed by atoms with Crippen molar-refractivity contribution < 1.29 is 23.4 Å².